The summed E-state index contributed by atoms with van der Waals surface area (Å²) in [4.78, 5) is 21.6. The monoisotopic (exact) mass is 174 g/mol. The van der Waals surface area contributed by atoms with Gasteiger partial charge in [0.15, 0.2) is 0 Å². The summed E-state index contributed by atoms with van der Waals surface area (Å²) in [7, 11) is -4.64. The van der Waals surface area contributed by atoms with E-state index in [4.69, 9.17) is 19.2 Å². The summed E-state index contributed by atoms with van der Waals surface area (Å²) in [5.41, 5.74) is 0. The average molecular weight is 174 g/mol. The molecule has 0 aliphatic carbocycles. The Balaban J connectivity index is -0.0000000800. The molecule has 0 bridgehead atoms. The van der Waals surface area contributed by atoms with Crippen LogP contribution in [-0.2, 0) is 21.9 Å². The van der Waals surface area contributed by atoms with Gasteiger partial charge in [0.1, 0.15) is 0 Å². The van der Waals surface area contributed by atoms with Crippen molar-refractivity contribution < 1.29 is 36.6 Å². The molecular weight excluding hydrogens is 170 g/mol. The van der Waals surface area contributed by atoms with Crippen molar-refractivity contribution in [1.82, 2.24) is 0 Å². The van der Waals surface area contributed by atoms with Gasteiger partial charge in [-0.1, -0.05) is 0 Å². The first kappa shape index (κ1) is 15.9. The summed E-state index contributed by atoms with van der Waals surface area (Å²) < 4.78 is 8.88. The SMILES string of the molecule is O=P(O)(O)O.[Cr].[NaH]. The molecule has 0 amide bonds. The molecule has 0 aromatic rings. The van der Waals surface area contributed by atoms with E-state index in [0.717, 1.165) is 0 Å². The Bertz CT molecular complexity index is 57.8. The Morgan fingerprint density at radius 2 is 1.14 bits per heavy atom. The molecule has 0 aliphatic rings. The molecule has 0 rings (SSSR count). The first-order valence-corrected chi connectivity index (χ1v) is 2.35. The molecule has 0 aromatic carbocycles. The fraction of sp³-hybridized carbons (Fsp3) is 0. The summed E-state index contributed by atoms with van der Waals surface area (Å²) in [5.74, 6) is 0. The number of hydrogen-bond donors (Lipinski definition) is 3. The quantitative estimate of drug-likeness (QED) is 0.306. The molecule has 7 heavy (non-hydrogen) atoms. The second kappa shape index (κ2) is 5.77. The maximum absolute atomic E-state index is 8.88. The van der Waals surface area contributed by atoms with Gasteiger partial charge in [-0.15, -0.1) is 0 Å². The minimum atomic E-state index is -4.64. The molecule has 0 radical (unpaired) electrons. The van der Waals surface area contributed by atoms with Crippen molar-refractivity contribution in [2.45, 2.75) is 0 Å². The van der Waals surface area contributed by atoms with Gasteiger partial charge < -0.3 is 14.7 Å². The predicted octanol–water partition coefficient (Wildman–Crippen LogP) is -1.58. The summed E-state index contributed by atoms with van der Waals surface area (Å²) in [6.45, 7) is 0. The molecule has 0 fully saturated rings. The van der Waals surface area contributed by atoms with E-state index in [2.05, 4.69) is 0 Å². The maximum atomic E-state index is 8.88. The molecule has 0 heterocycles. The zero-order valence-corrected chi connectivity index (χ0v) is 4.77. The Hall–Kier alpha value is 1.64. The van der Waals surface area contributed by atoms with Gasteiger partial charge in [0, 0.05) is 17.4 Å². The molecule has 0 saturated carbocycles. The fourth-order valence-electron chi connectivity index (χ4n) is 0. The van der Waals surface area contributed by atoms with Crippen LogP contribution in [0.3, 0.4) is 0 Å². The first-order valence-electron chi connectivity index (χ1n) is 0.783. The molecule has 0 unspecified atom stereocenters. The van der Waals surface area contributed by atoms with Crippen LogP contribution < -0.4 is 0 Å². The van der Waals surface area contributed by atoms with Gasteiger partial charge in [-0.25, -0.2) is 4.57 Å². The normalized spacial score (nSPS) is 8.43. The van der Waals surface area contributed by atoms with Gasteiger partial charge in [0.25, 0.3) is 0 Å². The molecule has 0 aliphatic heterocycles. The van der Waals surface area contributed by atoms with Gasteiger partial charge in [-0.05, 0) is 0 Å². The van der Waals surface area contributed by atoms with Crippen molar-refractivity contribution in [1.29, 1.82) is 0 Å². The standard InChI is InChI=1S/Cr.Na.H3O4P.H/c;;1-5(2,3)4;/h;;(H3,1,2,3,4);. The number of hydrogen-bond acceptors (Lipinski definition) is 1. The second-order valence-corrected chi connectivity index (χ2v) is 1.54. The van der Waals surface area contributed by atoms with Crippen molar-refractivity contribution in [3.63, 3.8) is 0 Å². The molecule has 0 saturated heterocycles. The third-order valence-electron chi connectivity index (χ3n) is 0. The van der Waals surface area contributed by atoms with E-state index < -0.39 is 7.82 Å². The minimum absolute atomic E-state index is 0. The molecular formula is H4CrNaO4P. The van der Waals surface area contributed by atoms with Crippen LogP contribution in [0.15, 0.2) is 0 Å². The average Bonchev–Trinajstić information content (AvgIpc) is 0.722. The first-order chi connectivity index (χ1) is 2.00. The molecule has 7 heteroatoms. The van der Waals surface area contributed by atoms with Crippen LogP contribution in [0.5, 0.6) is 0 Å². The van der Waals surface area contributed by atoms with Crippen molar-refractivity contribution in [2.75, 3.05) is 0 Å². The van der Waals surface area contributed by atoms with E-state index in [-0.39, 0.29) is 46.9 Å². The molecule has 3 N–H and O–H groups in total. The van der Waals surface area contributed by atoms with E-state index in [0.29, 0.717) is 0 Å². The van der Waals surface area contributed by atoms with Crippen LogP contribution in [0.2, 0.25) is 0 Å². The Labute approximate surface area is 73.6 Å². The Kier molecular flexibility index (Phi) is 13.1. The zero-order chi connectivity index (χ0) is 4.50. The summed E-state index contributed by atoms with van der Waals surface area (Å²) in [6, 6.07) is 0. The van der Waals surface area contributed by atoms with Crippen molar-refractivity contribution in [3.8, 4) is 0 Å². The molecule has 0 aromatic heterocycles. The van der Waals surface area contributed by atoms with Crippen molar-refractivity contribution >= 4 is 37.4 Å². The van der Waals surface area contributed by atoms with E-state index in [1.807, 2.05) is 0 Å². The summed E-state index contributed by atoms with van der Waals surface area (Å²) in [6.07, 6.45) is 0. The molecule has 4 nitrogen and oxygen atoms in total. The van der Waals surface area contributed by atoms with Crippen LogP contribution in [0.1, 0.15) is 0 Å². The third kappa shape index (κ3) is 90.2. The fourth-order valence-corrected chi connectivity index (χ4v) is 0. The van der Waals surface area contributed by atoms with E-state index in [1.54, 1.807) is 0 Å². The van der Waals surface area contributed by atoms with Gasteiger partial charge >= 0.3 is 37.4 Å². The van der Waals surface area contributed by atoms with Gasteiger partial charge in [-0.2, -0.15) is 0 Å². The van der Waals surface area contributed by atoms with Crippen molar-refractivity contribution in [2.24, 2.45) is 0 Å². The Morgan fingerprint density at radius 1 is 1.14 bits per heavy atom. The third-order valence-corrected chi connectivity index (χ3v) is 0. The predicted molar refractivity (Wildman–Crippen MR) is 21.4 cm³/mol. The second-order valence-electron chi connectivity index (χ2n) is 0.513. The molecule has 0 atom stereocenters. The number of rotatable bonds is 0. The van der Waals surface area contributed by atoms with Crippen molar-refractivity contribution in [3.05, 3.63) is 0 Å². The summed E-state index contributed by atoms with van der Waals surface area (Å²) >= 11 is 0. The topological polar surface area (TPSA) is 77.8 Å². The van der Waals surface area contributed by atoms with Crippen LogP contribution in [0.4, 0.5) is 0 Å². The molecule has 0 spiro atoms. The molecule has 40 valence electrons. The van der Waals surface area contributed by atoms with Gasteiger partial charge in [0.2, 0.25) is 0 Å². The van der Waals surface area contributed by atoms with Crippen LogP contribution >= 0.6 is 7.82 Å². The van der Waals surface area contributed by atoms with Crippen LogP contribution in [0, 0.1) is 0 Å². The van der Waals surface area contributed by atoms with Gasteiger partial charge in [-0.3, -0.25) is 0 Å². The van der Waals surface area contributed by atoms with Gasteiger partial charge in [0.05, 0.1) is 0 Å². The van der Waals surface area contributed by atoms with E-state index >= 15 is 0 Å². The van der Waals surface area contributed by atoms with E-state index in [9.17, 15) is 0 Å². The zero-order valence-electron chi connectivity index (χ0n) is 2.61. The Morgan fingerprint density at radius 3 is 1.14 bits per heavy atom. The van der Waals surface area contributed by atoms with Crippen LogP contribution in [-0.4, -0.2) is 44.2 Å². The van der Waals surface area contributed by atoms with E-state index in [1.165, 1.54) is 0 Å². The van der Waals surface area contributed by atoms with Crippen LogP contribution in [0.25, 0.3) is 0 Å². The summed E-state index contributed by atoms with van der Waals surface area (Å²) in [5, 5.41) is 0. The number of phosphoric acid groups is 1.